The topological polar surface area (TPSA) is 116 Å². The largest absolute Gasteiger partial charge is 0.618 e. The molecule has 37 heavy (non-hydrogen) atoms. The Morgan fingerprint density at radius 3 is 2.51 bits per heavy atom. The Bertz CT molecular complexity index is 1530. The zero-order valence-corrected chi connectivity index (χ0v) is 20.9. The summed E-state index contributed by atoms with van der Waals surface area (Å²) in [7, 11) is 0. The van der Waals surface area contributed by atoms with E-state index in [2.05, 4.69) is 32.5 Å². The molecule has 0 fully saturated rings. The number of H-pyrrole nitrogens is 1. The first-order valence-corrected chi connectivity index (χ1v) is 12.3. The molecule has 0 saturated carbocycles. The van der Waals surface area contributed by atoms with E-state index in [1.165, 1.54) is 12.3 Å². The van der Waals surface area contributed by atoms with E-state index in [9.17, 15) is 10.0 Å². The Labute approximate surface area is 218 Å². The van der Waals surface area contributed by atoms with E-state index in [0.717, 1.165) is 40.9 Å². The van der Waals surface area contributed by atoms with Gasteiger partial charge in [-0.25, -0.2) is 4.98 Å². The number of halogens is 1. The Morgan fingerprint density at radius 2 is 1.81 bits per heavy atom. The average Bonchev–Trinajstić information content (AvgIpc) is 3.56. The van der Waals surface area contributed by atoms with Gasteiger partial charge in [-0.05, 0) is 34.4 Å². The fourth-order valence-electron chi connectivity index (χ4n) is 4.28. The molecule has 10 heteroatoms. The number of rotatable bonds is 9. The molecule has 3 heterocycles. The third-order valence-corrected chi connectivity index (χ3v) is 6.41. The van der Waals surface area contributed by atoms with Crippen LogP contribution in [0.1, 0.15) is 47.3 Å². The number of hydrogen-bond acceptors (Lipinski definition) is 6. The molecule has 5 rings (SSSR count). The van der Waals surface area contributed by atoms with Crippen molar-refractivity contribution in [3.05, 3.63) is 106 Å². The number of hydrogen-bond donors (Lipinski definition) is 1. The molecule has 0 radical (unpaired) electrons. The standard InChI is InChI=1S/C27H24ClN7O2/c1-2-3-11-23-29-26(28)24(25(36)22-10-6-7-16-35(22)37)34(23)17-18-12-14-19(15-13-18)20-8-4-5-9-21(20)27-30-32-33-31-27/h4-10,12-16H,2-3,11,17H2,1H3,(H,30,31,32,33). The second-order valence-corrected chi connectivity index (χ2v) is 8.93. The molecule has 186 valence electrons. The number of imidazole rings is 1. The molecule has 3 aromatic heterocycles. The van der Waals surface area contributed by atoms with Crippen LogP contribution in [-0.4, -0.2) is 36.0 Å². The Kier molecular flexibility index (Phi) is 7.04. The van der Waals surface area contributed by atoms with Crippen molar-refractivity contribution in [2.45, 2.75) is 32.7 Å². The van der Waals surface area contributed by atoms with E-state index in [1.54, 1.807) is 12.1 Å². The van der Waals surface area contributed by atoms with Crippen molar-refractivity contribution >= 4 is 17.4 Å². The summed E-state index contributed by atoms with van der Waals surface area (Å²) >= 11 is 6.48. The highest BCUT2D eigenvalue weighted by Gasteiger charge is 2.27. The van der Waals surface area contributed by atoms with Crippen molar-refractivity contribution < 1.29 is 9.52 Å². The van der Waals surface area contributed by atoms with Crippen molar-refractivity contribution in [1.82, 2.24) is 30.2 Å². The maximum Gasteiger partial charge on any atom is 0.277 e. The Balaban J connectivity index is 1.50. The first-order valence-electron chi connectivity index (χ1n) is 12.0. The van der Waals surface area contributed by atoms with Gasteiger partial charge in [0, 0.05) is 30.7 Å². The van der Waals surface area contributed by atoms with Gasteiger partial charge in [0.05, 0.1) is 0 Å². The predicted molar refractivity (Wildman–Crippen MR) is 139 cm³/mol. The number of unbranched alkanes of at least 4 members (excludes halogenated alkanes) is 1. The summed E-state index contributed by atoms with van der Waals surface area (Å²) < 4.78 is 2.38. The molecule has 0 aliphatic rings. The summed E-state index contributed by atoms with van der Waals surface area (Å²) in [5.74, 6) is 0.782. The van der Waals surface area contributed by atoms with Gasteiger partial charge in [-0.1, -0.05) is 73.5 Å². The SMILES string of the molecule is CCCCc1nc(Cl)c(C(=O)c2cccc[n+]2[O-])n1Cc1ccc(-c2ccccc2-c2nn[nH]n2)cc1. The molecule has 0 aliphatic carbocycles. The number of nitrogens with zero attached hydrogens (tertiary/aromatic N) is 6. The second kappa shape index (κ2) is 10.7. The van der Waals surface area contributed by atoms with Gasteiger partial charge in [0.15, 0.2) is 11.3 Å². The number of nitrogens with one attached hydrogen (secondary N) is 1. The Hall–Kier alpha value is -4.37. The van der Waals surface area contributed by atoms with Crippen molar-refractivity contribution in [3.8, 4) is 22.5 Å². The summed E-state index contributed by atoms with van der Waals surface area (Å²) in [6.07, 6.45) is 3.85. The van der Waals surface area contributed by atoms with Gasteiger partial charge < -0.3 is 9.77 Å². The van der Waals surface area contributed by atoms with Crippen LogP contribution in [0, 0.1) is 5.21 Å². The highest BCUT2D eigenvalue weighted by atomic mass is 35.5. The molecule has 0 bridgehead atoms. The second-order valence-electron chi connectivity index (χ2n) is 8.58. The third kappa shape index (κ3) is 4.99. The zero-order chi connectivity index (χ0) is 25.8. The van der Waals surface area contributed by atoms with Crippen LogP contribution in [0.4, 0.5) is 0 Å². The van der Waals surface area contributed by atoms with E-state index < -0.39 is 5.78 Å². The first-order chi connectivity index (χ1) is 18.1. The zero-order valence-electron chi connectivity index (χ0n) is 20.1. The van der Waals surface area contributed by atoms with Gasteiger partial charge in [-0.2, -0.15) is 9.94 Å². The summed E-state index contributed by atoms with van der Waals surface area (Å²) in [6.45, 7) is 2.48. The van der Waals surface area contributed by atoms with E-state index in [1.807, 2.05) is 53.1 Å². The highest BCUT2D eigenvalue weighted by molar-refractivity contribution is 6.33. The van der Waals surface area contributed by atoms with Crippen LogP contribution in [0.5, 0.6) is 0 Å². The van der Waals surface area contributed by atoms with Gasteiger partial charge >= 0.3 is 0 Å². The molecule has 0 unspecified atom stereocenters. The number of pyridine rings is 1. The Morgan fingerprint density at radius 1 is 1.05 bits per heavy atom. The molecule has 9 nitrogen and oxygen atoms in total. The minimum Gasteiger partial charge on any atom is -0.618 e. The number of aromatic amines is 1. The number of ketones is 1. The monoisotopic (exact) mass is 513 g/mol. The summed E-state index contributed by atoms with van der Waals surface area (Å²) in [6, 6.07) is 20.6. The number of carbonyl (C=O) groups excluding carboxylic acids is 1. The minimum absolute atomic E-state index is 0.000937. The summed E-state index contributed by atoms with van der Waals surface area (Å²) in [5, 5.41) is 26.8. The molecule has 0 aliphatic heterocycles. The lowest BCUT2D eigenvalue weighted by molar-refractivity contribution is -0.607. The predicted octanol–water partition coefficient (Wildman–Crippen LogP) is 4.64. The lowest BCUT2D eigenvalue weighted by atomic mass is 9.98. The molecule has 1 N–H and O–H groups in total. The number of tetrazole rings is 1. The van der Waals surface area contributed by atoms with Gasteiger partial charge in [0.1, 0.15) is 11.5 Å². The van der Waals surface area contributed by atoms with Gasteiger partial charge in [-0.3, -0.25) is 4.79 Å². The van der Waals surface area contributed by atoms with E-state index in [0.29, 0.717) is 23.5 Å². The fraction of sp³-hybridized carbons (Fsp3) is 0.185. The fourth-order valence-corrected chi connectivity index (χ4v) is 4.57. The number of carbonyl (C=O) groups is 1. The van der Waals surface area contributed by atoms with Crippen LogP contribution >= 0.6 is 11.6 Å². The van der Waals surface area contributed by atoms with Crippen LogP contribution in [0.15, 0.2) is 72.9 Å². The van der Waals surface area contributed by atoms with Gasteiger partial charge in [0.2, 0.25) is 5.82 Å². The van der Waals surface area contributed by atoms with Crippen LogP contribution in [0.25, 0.3) is 22.5 Å². The van der Waals surface area contributed by atoms with E-state index in [4.69, 9.17) is 11.6 Å². The van der Waals surface area contributed by atoms with Crippen molar-refractivity contribution in [2.75, 3.05) is 0 Å². The van der Waals surface area contributed by atoms with Crippen molar-refractivity contribution in [3.63, 3.8) is 0 Å². The van der Waals surface area contributed by atoms with Gasteiger partial charge in [-0.15, -0.1) is 10.2 Å². The molecule has 0 atom stereocenters. The van der Waals surface area contributed by atoms with Crippen LogP contribution in [0.3, 0.4) is 0 Å². The van der Waals surface area contributed by atoms with Gasteiger partial charge in [0.25, 0.3) is 11.5 Å². The maximum absolute atomic E-state index is 13.4. The summed E-state index contributed by atoms with van der Waals surface area (Å²) in [5.41, 5.74) is 4.02. The normalized spacial score (nSPS) is 11.1. The molecular formula is C27H24ClN7O2. The lowest BCUT2D eigenvalue weighted by Gasteiger charge is -2.13. The molecular weight excluding hydrogens is 490 g/mol. The average molecular weight is 514 g/mol. The number of aromatic nitrogens is 7. The third-order valence-electron chi connectivity index (χ3n) is 6.15. The molecule has 2 aromatic carbocycles. The lowest BCUT2D eigenvalue weighted by Crippen LogP contribution is -2.34. The number of aryl methyl sites for hydroxylation is 1. The highest BCUT2D eigenvalue weighted by Crippen LogP contribution is 2.30. The maximum atomic E-state index is 13.4. The number of benzene rings is 2. The molecule has 0 amide bonds. The smallest absolute Gasteiger partial charge is 0.277 e. The molecule has 5 aromatic rings. The van der Waals surface area contributed by atoms with Crippen molar-refractivity contribution in [1.29, 1.82) is 0 Å². The van der Waals surface area contributed by atoms with Crippen LogP contribution in [0.2, 0.25) is 5.15 Å². The van der Waals surface area contributed by atoms with Crippen LogP contribution in [-0.2, 0) is 13.0 Å². The summed E-state index contributed by atoms with van der Waals surface area (Å²) in [4.78, 5) is 17.9. The van der Waals surface area contributed by atoms with E-state index >= 15 is 0 Å². The molecule has 0 saturated heterocycles. The minimum atomic E-state index is -0.457. The first kappa shape index (κ1) is 24.3. The van der Waals surface area contributed by atoms with Crippen molar-refractivity contribution in [2.24, 2.45) is 0 Å². The molecule has 0 spiro atoms. The van der Waals surface area contributed by atoms with E-state index in [-0.39, 0.29) is 16.5 Å². The van der Waals surface area contributed by atoms with Crippen LogP contribution < -0.4 is 4.73 Å². The quantitative estimate of drug-likeness (QED) is 0.174.